The molecule has 6 nitrogen and oxygen atoms in total. The van der Waals surface area contributed by atoms with Crippen LogP contribution in [0.2, 0.25) is 0 Å². The maximum absolute atomic E-state index is 13.8. The van der Waals surface area contributed by atoms with Gasteiger partial charge in [0, 0.05) is 37.2 Å². The zero-order valence-corrected chi connectivity index (χ0v) is 15.6. The van der Waals surface area contributed by atoms with Crippen LogP contribution in [0.3, 0.4) is 0 Å². The largest absolute Gasteiger partial charge is 0.508 e. The Morgan fingerprint density at radius 2 is 1.90 bits per heavy atom. The van der Waals surface area contributed by atoms with Crippen molar-refractivity contribution in [1.82, 2.24) is 15.5 Å². The van der Waals surface area contributed by atoms with Crippen molar-refractivity contribution in [3.63, 3.8) is 0 Å². The van der Waals surface area contributed by atoms with Gasteiger partial charge in [-0.05, 0) is 30.2 Å². The van der Waals surface area contributed by atoms with Gasteiger partial charge in [-0.2, -0.15) is 0 Å². The first-order valence-corrected chi connectivity index (χ1v) is 9.47. The van der Waals surface area contributed by atoms with E-state index in [2.05, 4.69) is 10.6 Å². The molecule has 0 saturated carbocycles. The first-order chi connectivity index (χ1) is 13.9. The fourth-order valence-corrected chi connectivity index (χ4v) is 3.93. The second-order valence-electron chi connectivity index (χ2n) is 7.49. The molecule has 2 aromatic carbocycles. The monoisotopic (exact) mass is 401 g/mol. The van der Waals surface area contributed by atoms with E-state index in [0.29, 0.717) is 24.9 Å². The molecule has 29 heavy (non-hydrogen) atoms. The summed E-state index contributed by atoms with van der Waals surface area (Å²) < 4.78 is 26.8. The summed E-state index contributed by atoms with van der Waals surface area (Å²) in [5.41, 5.74) is 1.16. The lowest BCUT2D eigenvalue weighted by Crippen LogP contribution is -2.61. The number of phenols is 1. The molecule has 2 saturated heterocycles. The Morgan fingerprint density at radius 3 is 2.62 bits per heavy atom. The van der Waals surface area contributed by atoms with Crippen molar-refractivity contribution in [2.24, 2.45) is 0 Å². The molecule has 0 aliphatic carbocycles. The standard InChI is InChI=1S/C21H21F2N3O3/c22-14-4-3-13(17(23)8-14)10-24-15-9-19-20(28)25-18(21(29)26(19)11-15)7-12-1-5-16(27)6-2-12/h1-6,8,15,18-19,24,27H,7,9-11H2,(H,25,28)/t15-,18-,19-/m0/s1. The van der Waals surface area contributed by atoms with Gasteiger partial charge in [-0.3, -0.25) is 9.59 Å². The summed E-state index contributed by atoms with van der Waals surface area (Å²) in [6.07, 6.45) is 0.777. The number of nitrogens with zero attached hydrogens (tertiary/aromatic N) is 1. The SMILES string of the molecule is O=C1N[C@@H](Cc2ccc(O)cc2)C(=O)N2C[C@@H](NCc3ccc(F)cc3F)C[C@@H]12. The molecule has 2 aliphatic rings. The molecule has 0 spiro atoms. The van der Waals surface area contributed by atoms with Gasteiger partial charge in [0.25, 0.3) is 0 Å². The third-order valence-corrected chi connectivity index (χ3v) is 5.47. The number of rotatable bonds is 5. The number of phenolic OH excluding ortho intramolecular Hbond substituents is 1. The number of carbonyl (C=O) groups is 2. The zero-order valence-electron chi connectivity index (χ0n) is 15.6. The smallest absolute Gasteiger partial charge is 0.246 e. The van der Waals surface area contributed by atoms with Crippen molar-refractivity contribution in [2.45, 2.75) is 37.5 Å². The highest BCUT2D eigenvalue weighted by Gasteiger charge is 2.46. The van der Waals surface area contributed by atoms with E-state index in [1.807, 2.05) is 0 Å². The van der Waals surface area contributed by atoms with E-state index in [0.717, 1.165) is 11.6 Å². The lowest BCUT2D eigenvalue weighted by Gasteiger charge is -2.34. The summed E-state index contributed by atoms with van der Waals surface area (Å²) in [4.78, 5) is 27.0. The lowest BCUT2D eigenvalue weighted by molar-refractivity contribution is -0.147. The maximum Gasteiger partial charge on any atom is 0.246 e. The quantitative estimate of drug-likeness (QED) is 0.709. The average molecular weight is 401 g/mol. The first kappa shape index (κ1) is 19.3. The van der Waals surface area contributed by atoms with E-state index in [4.69, 9.17) is 0 Å². The summed E-state index contributed by atoms with van der Waals surface area (Å²) in [6.45, 7) is 0.538. The van der Waals surface area contributed by atoms with Crippen LogP contribution in [0.5, 0.6) is 5.75 Å². The number of amides is 2. The molecule has 2 aromatic rings. The molecule has 3 atom stereocenters. The van der Waals surface area contributed by atoms with E-state index in [1.54, 1.807) is 17.0 Å². The van der Waals surface area contributed by atoms with Crippen LogP contribution < -0.4 is 10.6 Å². The molecule has 0 bridgehead atoms. The minimum Gasteiger partial charge on any atom is -0.508 e. The van der Waals surface area contributed by atoms with Crippen LogP contribution in [-0.4, -0.2) is 46.5 Å². The molecular formula is C21H21F2N3O3. The third-order valence-electron chi connectivity index (χ3n) is 5.47. The molecule has 3 N–H and O–H groups in total. The lowest BCUT2D eigenvalue weighted by atomic mass is 10.0. The van der Waals surface area contributed by atoms with Gasteiger partial charge in [0.15, 0.2) is 0 Å². The van der Waals surface area contributed by atoms with Crippen LogP contribution in [0.15, 0.2) is 42.5 Å². The van der Waals surface area contributed by atoms with Gasteiger partial charge in [-0.1, -0.05) is 18.2 Å². The third kappa shape index (κ3) is 4.07. The molecule has 2 heterocycles. The minimum absolute atomic E-state index is 0.138. The number of fused-ring (bicyclic) bond motifs is 1. The molecule has 0 radical (unpaired) electrons. The zero-order chi connectivity index (χ0) is 20.5. The van der Waals surface area contributed by atoms with Crippen LogP contribution in [0.25, 0.3) is 0 Å². The molecule has 0 unspecified atom stereocenters. The van der Waals surface area contributed by atoms with Crippen LogP contribution in [0, 0.1) is 11.6 Å². The molecule has 0 aromatic heterocycles. The molecule has 4 rings (SSSR count). The van der Waals surface area contributed by atoms with Crippen molar-refractivity contribution in [2.75, 3.05) is 6.54 Å². The number of aromatic hydroxyl groups is 1. The van der Waals surface area contributed by atoms with Crippen LogP contribution in [0.1, 0.15) is 17.5 Å². The topological polar surface area (TPSA) is 81.7 Å². The fraction of sp³-hybridized carbons (Fsp3) is 0.333. The molecule has 2 amide bonds. The van der Waals surface area contributed by atoms with Gasteiger partial charge in [0.2, 0.25) is 11.8 Å². The summed E-state index contributed by atoms with van der Waals surface area (Å²) >= 11 is 0. The minimum atomic E-state index is -0.656. The number of hydrogen-bond donors (Lipinski definition) is 3. The predicted octanol–water partition coefficient (Wildman–Crippen LogP) is 1.47. The molecule has 152 valence electrons. The summed E-state index contributed by atoms with van der Waals surface area (Å²) in [5.74, 6) is -1.48. The highest BCUT2D eigenvalue weighted by Crippen LogP contribution is 2.24. The van der Waals surface area contributed by atoms with Crippen LogP contribution in [0.4, 0.5) is 8.78 Å². The molecule has 2 fully saturated rings. The average Bonchev–Trinajstić information content (AvgIpc) is 3.12. The van der Waals surface area contributed by atoms with E-state index in [-0.39, 0.29) is 30.2 Å². The van der Waals surface area contributed by atoms with Crippen LogP contribution >= 0.6 is 0 Å². The van der Waals surface area contributed by atoms with E-state index in [1.165, 1.54) is 24.3 Å². The van der Waals surface area contributed by atoms with Gasteiger partial charge in [-0.25, -0.2) is 8.78 Å². The van der Waals surface area contributed by atoms with E-state index in [9.17, 15) is 23.5 Å². The van der Waals surface area contributed by atoms with Crippen molar-refractivity contribution in [1.29, 1.82) is 0 Å². The maximum atomic E-state index is 13.8. The Kier molecular flexibility index (Phi) is 5.19. The number of nitrogens with one attached hydrogen (secondary N) is 2. The Bertz CT molecular complexity index is 935. The number of piperazine rings is 1. The van der Waals surface area contributed by atoms with Crippen molar-refractivity contribution < 1.29 is 23.5 Å². The van der Waals surface area contributed by atoms with Gasteiger partial charge < -0.3 is 20.6 Å². The second kappa shape index (κ2) is 7.79. The van der Waals surface area contributed by atoms with E-state index >= 15 is 0 Å². The molecule has 8 heteroatoms. The predicted molar refractivity (Wildman–Crippen MR) is 101 cm³/mol. The first-order valence-electron chi connectivity index (χ1n) is 9.47. The Hall–Kier alpha value is -3.00. The van der Waals surface area contributed by atoms with Crippen molar-refractivity contribution >= 4 is 11.8 Å². The fourth-order valence-electron chi connectivity index (χ4n) is 3.93. The second-order valence-corrected chi connectivity index (χ2v) is 7.49. The Morgan fingerprint density at radius 1 is 1.14 bits per heavy atom. The normalized spacial score (nSPS) is 23.8. The van der Waals surface area contributed by atoms with E-state index < -0.39 is 23.7 Å². The van der Waals surface area contributed by atoms with Crippen molar-refractivity contribution in [3.05, 3.63) is 65.2 Å². The highest BCUT2D eigenvalue weighted by atomic mass is 19.1. The molecular weight excluding hydrogens is 380 g/mol. The van der Waals surface area contributed by atoms with Crippen LogP contribution in [-0.2, 0) is 22.6 Å². The van der Waals surface area contributed by atoms with Gasteiger partial charge >= 0.3 is 0 Å². The Balaban J connectivity index is 1.39. The number of benzene rings is 2. The van der Waals surface area contributed by atoms with Crippen molar-refractivity contribution in [3.8, 4) is 5.75 Å². The van der Waals surface area contributed by atoms with Gasteiger partial charge in [-0.15, -0.1) is 0 Å². The number of halogens is 2. The number of carbonyl (C=O) groups excluding carboxylic acids is 2. The highest BCUT2D eigenvalue weighted by molar-refractivity contribution is 5.97. The summed E-state index contributed by atoms with van der Waals surface area (Å²) in [6, 6.07) is 8.56. The van der Waals surface area contributed by atoms with Gasteiger partial charge in [0.1, 0.15) is 29.5 Å². The summed E-state index contributed by atoms with van der Waals surface area (Å²) in [7, 11) is 0. The molecule has 2 aliphatic heterocycles. The number of hydrogen-bond acceptors (Lipinski definition) is 4. The Labute approximate surface area is 166 Å². The summed E-state index contributed by atoms with van der Waals surface area (Å²) in [5, 5.41) is 15.3. The van der Waals surface area contributed by atoms with Gasteiger partial charge in [0.05, 0.1) is 0 Å².